The molecule has 8 N–H and O–H groups in total. The Balaban J connectivity index is -0.000000594. The molecular formula is C25H55N7S3. The zero-order valence-electron chi connectivity index (χ0n) is 23.9. The SMILES string of the molecule is CC(C)(C)N=C=S.CC(C)(C)NC(=S)NCCCCCNC(=S)NC(C)(C)C.NCCCCCN. The van der Waals surface area contributed by atoms with Crippen molar-refractivity contribution in [3.8, 4) is 0 Å². The molecule has 0 aromatic heterocycles. The third-order valence-corrected chi connectivity index (χ3v) is 4.28. The molecule has 0 radical (unpaired) electrons. The quantitative estimate of drug-likeness (QED) is 0.132. The maximum Gasteiger partial charge on any atom is 0.166 e. The summed E-state index contributed by atoms with van der Waals surface area (Å²) in [5.41, 5.74) is 10.5. The predicted molar refractivity (Wildman–Crippen MR) is 168 cm³/mol. The number of hydrogen-bond donors (Lipinski definition) is 6. The first-order valence-electron chi connectivity index (χ1n) is 12.6. The van der Waals surface area contributed by atoms with Crippen LogP contribution in [-0.4, -0.2) is 58.2 Å². The average molecular weight is 550 g/mol. The normalized spacial score (nSPS) is 10.9. The molecule has 0 spiro atoms. The highest BCUT2D eigenvalue weighted by molar-refractivity contribution is 7.80. The Bertz CT molecular complexity index is 549. The number of hydrogen-bond acceptors (Lipinski definition) is 6. The van der Waals surface area contributed by atoms with E-state index >= 15 is 0 Å². The number of nitrogens with one attached hydrogen (secondary N) is 4. The lowest BCUT2D eigenvalue weighted by molar-refractivity contribution is 0.503. The lowest BCUT2D eigenvalue weighted by Crippen LogP contribution is -2.46. The van der Waals surface area contributed by atoms with Gasteiger partial charge in [0, 0.05) is 24.2 Å². The highest BCUT2D eigenvalue weighted by Gasteiger charge is 2.11. The monoisotopic (exact) mass is 549 g/mol. The van der Waals surface area contributed by atoms with Crippen LogP contribution in [0.25, 0.3) is 0 Å². The summed E-state index contributed by atoms with van der Waals surface area (Å²) in [6.45, 7) is 22.0. The van der Waals surface area contributed by atoms with Gasteiger partial charge in [-0.25, -0.2) is 4.99 Å². The van der Waals surface area contributed by atoms with Gasteiger partial charge in [-0.1, -0.05) is 6.42 Å². The first-order chi connectivity index (χ1) is 16.0. The molecule has 0 aromatic rings. The molecular weight excluding hydrogens is 495 g/mol. The molecule has 0 amide bonds. The zero-order chi connectivity index (χ0) is 28.0. The molecule has 0 saturated heterocycles. The minimum Gasteiger partial charge on any atom is -0.363 e. The molecule has 0 aromatic carbocycles. The van der Waals surface area contributed by atoms with Gasteiger partial charge in [0.2, 0.25) is 0 Å². The van der Waals surface area contributed by atoms with E-state index in [1.165, 1.54) is 6.42 Å². The van der Waals surface area contributed by atoms with E-state index in [2.05, 4.69) is 85.2 Å². The molecule has 10 heteroatoms. The molecule has 0 bridgehead atoms. The summed E-state index contributed by atoms with van der Waals surface area (Å²) in [6.07, 6.45) is 6.79. The summed E-state index contributed by atoms with van der Waals surface area (Å²) in [5.74, 6) is 0. The van der Waals surface area contributed by atoms with Gasteiger partial charge in [0.25, 0.3) is 0 Å². The Hall–Kier alpha value is -0.900. The van der Waals surface area contributed by atoms with Crippen LogP contribution in [-0.2, 0) is 0 Å². The highest BCUT2D eigenvalue weighted by atomic mass is 32.1. The van der Waals surface area contributed by atoms with Crippen LogP contribution in [0.1, 0.15) is 101 Å². The first-order valence-corrected chi connectivity index (χ1v) is 13.8. The zero-order valence-corrected chi connectivity index (χ0v) is 26.3. The minimum atomic E-state index is -0.0399. The second-order valence-corrected chi connectivity index (χ2v) is 12.3. The van der Waals surface area contributed by atoms with E-state index in [0.717, 1.165) is 68.5 Å². The fourth-order valence-electron chi connectivity index (χ4n) is 2.20. The summed E-state index contributed by atoms with van der Waals surface area (Å²) in [6, 6.07) is 0. The Labute approximate surface area is 232 Å². The molecule has 0 aliphatic heterocycles. The summed E-state index contributed by atoms with van der Waals surface area (Å²) in [7, 11) is 0. The molecule has 0 rings (SSSR count). The number of unbranched alkanes of at least 4 members (excludes halogenated alkanes) is 4. The fourth-order valence-corrected chi connectivity index (χ4v) is 3.29. The van der Waals surface area contributed by atoms with Gasteiger partial charge in [-0.15, -0.1) is 0 Å². The van der Waals surface area contributed by atoms with Crippen LogP contribution in [0.2, 0.25) is 0 Å². The Morgan fingerprint density at radius 2 is 1.00 bits per heavy atom. The van der Waals surface area contributed by atoms with Crippen LogP contribution in [0.15, 0.2) is 4.99 Å². The van der Waals surface area contributed by atoms with E-state index in [-0.39, 0.29) is 16.6 Å². The second kappa shape index (κ2) is 22.3. The van der Waals surface area contributed by atoms with Crippen LogP contribution < -0.4 is 32.7 Å². The second-order valence-electron chi connectivity index (χ2n) is 11.3. The molecule has 0 aliphatic carbocycles. The van der Waals surface area contributed by atoms with Crippen molar-refractivity contribution in [1.82, 2.24) is 21.3 Å². The van der Waals surface area contributed by atoms with Crippen molar-refractivity contribution in [1.29, 1.82) is 0 Å². The Kier molecular flexibility index (Phi) is 24.6. The third kappa shape index (κ3) is 43.6. The van der Waals surface area contributed by atoms with Gasteiger partial charge in [0.05, 0.1) is 10.7 Å². The van der Waals surface area contributed by atoms with E-state index in [1.54, 1.807) is 0 Å². The molecule has 0 saturated carbocycles. The number of nitrogens with two attached hydrogens (primary N) is 2. The van der Waals surface area contributed by atoms with Crippen molar-refractivity contribution in [2.45, 2.75) is 117 Å². The van der Waals surface area contributed by atoms with Gasteiger partial charge in [-0.3, -0.25) is 0 Å². The van der Waals surface area contributed by atoms with Gasteiger partial charge in [0.1, 0.15) is 0 Å². The van der Waals surface area contributed by atoms with E-state index < -0.39 is 0 Å². The van der Waals surface area contributed by atoms with Crippen molar-refractivity contribution in [3.63, 3.8) is 0 Å². The van der Waals surface area contributed by atoms with Gasteiger partial charge in [-0.05, 0) is 144 Å². The van der Waals surface area contributed by atoms with Crippen LogP contribution >= 0.6 is 36.7 Å². The molecule has 208 valence electrons. The van der Waals surface area contributed by atoms with E-state index in [1.807, 2.05) is 20.8 Å². The van der Waals surface area contributed by atoms with Crippen molar-refractivity contribution in [2.75, 3.05) is 26.2 Å². The standard InChI is InChI=1S/C15H32N4S2.C5H14N2.C5H9NS/c1-14(2,3)18-12(20)16-10-8-7-9-11-17-13(21)19-15(4,5)6;6-4-2-1-3-5-7;1-5(2,3)6-4-7/h7-11H2,1-6H3,(H2,16,18,20)(H2,17,19,21);1-7H2;1-3H3. The summed E-state index contributed by atoms with van der Waals surface area (Å²) >= 11 is 14.8. The minimum absolute atomic E-state index is 0.0176. The van der Waals surface area contributed by atoms with E-state index in [9.17, 15) is 0 Å². The maximum atomic E-state index is 5.23. The maximum absolute atomic E-state index is 5.23. The molecule has 35 heavy (non-hydrogen) atoms. The molecule has 7 nitrogen and oxygen atoms in total. The van der Waals surface area contributed by atoms with Gasteiger partial charge >= 0.3 is 0 Å². The van der Waals surface area contributed by atoms with Crippen LogP contribution in [0.5, 0.6) is 0 Å². The summed E-state index contributed by atoms with van der Waals surface area (Å²) in [5, 5.41) is 16.7. The predicted octanol–water partition coefficient (Wildman–Crippen LogP) is 4.64. The number of aliphatic imine (C=N–C) groups is 1. The molecule has 0 aliphatic rings. The number of thiocarbonyl (C=S) groups is 3. The molecule has 0 heterocycles. The lowest BCUT2D eigenvalue weighted by atomic mass is 10.1. The molecule has 0 unspecified atom stereocenters. The van der Waals surface area contributed by atoms with Gasteiger partial charge < -0.3 is 32.7 Å². The number of isothiocyanates is 1. The topological polar surface area (TPSA) is 113 Å². The molecule has 0 fully saturated rings. The smallest absolute Gasteiger partial charge is 0.166 e. The largest absolute Gasteiger partial charge is 0.363 e. The Morgan fingerprint density at radius 1 is 0.657 bits per heavy atom. The van der Waals surface area contributed by atoms with Crippen molar-refractivity contribution >= 4 is 52.0 Å². The van der Waals surface area contributed by atoms with Crippen molar-refractivity contribution in [3.05, 3.63) is 0 Å². The van der Waals surface area contributed by atoms with Crippen LogP contribution in [0.4, 0.5) is 0 Å². The summed E-state index contributed by atoms with van der Waals surface area (Å²) in [4.78, 5) is 3.82. The van der Waals surface area contributed by atoms with Crippen LogP contribution in [0, 0.1) is 0 Å². The Morgan fingerprint density at radius 3 is 1.23 bits per heavy atom. The average Bonchev–Trinajstić information content (AvgIpc) is 2.65. The number of rotatable bonds is 10. The van der Waals surface area contributed by atoms with Crippen molar-refractivity contribution < 1.29 is 0 Å². The van der Waals surface area contributed by atoms with Gasteiger partial charge in [-0.2, -0.15) is 0 Å². The van der Waals surface area contributed by atoms with E-state index in [4.69, 9.17) is 35.9 Å². The summed E-state index contributed by atoms with van der Waals surface area (Å²) < 4.78 is 0. The lowest BCUT2D eigenvalue weighted by Gasteiger charge is -2.23. The van der Waals surface area contributed by atoms with Crippen molar-refractivity contribution in [2.24, 2.45) is 16.5 Å². The highest BCUT2D eigenvalue weighted by Crippen LogP contribution is 2.03. The first kappa shape index (κ1) is 38.6. The van der Waals surface area contributed by atoms with Crippen LogP contribution in [0.3, 0.4) is 0 Å². The fraction of sp³-hybridized carbons (Fsp3) is 0.880. The number of nitrogens with zero attached hydrogens (tertiary/aromatic N) is 1. The van der Waals surface area contributed by atoms with Gasteiger partial charge in [0.15, 0.2) is 10.2 Å². The molecule has 0 atom stereocenters. The van der Waals surface area contributed by atoms with E-state index in [0.29, 0.717) is 0 Å². The third-order valence-electron chi connectivity index (χ3n) is 3.69.